The van der Waals surface area contributed by atoms with Crippen LogP contribution < -0.4 is 4.90 Å². The Kier molecular flexibility index (Phi) is 3.74. The molecule has 0 spiro atoms. The Morgan fingerprint density at radius 2 is 2.00 bits per heavy atom. The van der Waals surface area contributed by atoms with E-state index in [1.54, 1.807) is 16.8 Å². The molecule has 0 saturated carbocycles. The van der Waals surface area contributed by atoms with Gasteiger partial charge in [-0.2, -0.15) is 0 Å². The summed E-state index contributed by atoms with van der Waals surface area (Å²) in [5.41, 5.74) is 1.95. The van der Waals surface area contributed by atoms with Crippen LogP contribution in [0.2, 0.25) is 0 Å². The van der Waals surface area contributed by atoms with E-state index >= 15 is 0 Å². The molecule has 1 N–H and O–H groups in total. The lowest BCUT2D eigenvalue weighted by Crippen LogP contribution is -2.35. The van der Waals surface area contributed by atoms with Crippen molar-refractivity contribution in [1.29, 1.82) is 0 Å². The number of likely N-dealkylation sites (N-methyl/N-ethyl adjacent to an activating group) is 1. The number of aryl methyl sites for hydroxylation is 1. The van der Waals surface area contributed by atoms with Gasteiger partial charge in [0, 0.05) is 19.3 Å². The first-order valence-corrected chi connectivity index (χ1v) is 6.38. The topological polar surface area (TPSA) is 60.9 Å². The lowest BCUT2D eigenvalue weighted by Gasteiger charge is -2.22. The van der Waals surface area contributed by atoms with E-state index in [9.17, 15) is 9.59 Å². The zero-order valence-electron chi connectivity index (χ0n) is 11.2. The van der Waals surface area contributed by atoms with Crippen LogP contribution in [0.4, 0.5) is 10.5 Å². The van der Waals surface area contributed by atoms with Crippen molar-refractivity contribution in [3.05, 3.63) is 29.8 Å². The summed E-state index contributed by atoms with van der Waals surface area (Å²) >= 11 is 0. The quantitative estimate of drug-likeness (QED) is 0.902. The fourth-order valence-corrected chi connectivity index (χ4v) is 2.39. The number of anilines is 1. The first kappa shape index (κ1) is 13.4. The normalized spacial score (nSPS) is 19.1. The Hall–Kier alpha value is -2.04. The lowest BCUT2D eigenvalue weighted by atomic mass is 10.1. The van der Waals surface area contributed by atoms with Crippen LogP contribution >= 0.6 is 0 Å². The molecular weight excluding hydrogens is 244 g/mol. The Labute approximate surface area is 112 Å². The van der Waals surface area contributed by atoms with E-state index < -0.39 is 5.97 Å². The number of carboxylic acid groups (broad SMARTS) is 1. The van der Waals surface area contributed by atoms with Gasteiger partial charge in [0.15, 0.2) is 0 Å². The van der Waals surface area contributed by atoms with E-state index in [-0.39, 0.29) is 18.5 Å². The Morgan fingerprint density at radius 3 is 2.53 bits per heavy atom. The highest BCUT2D eigenvalue weighted by Gasteiger charge is 2.37. The lowest BCUT2D eigenvalue weighted by molar-refractivity contribution is -0.137. The highest BCUT2D eigenvalue weighted by Crippen LogP contribution is 2.26. The van der Waals surface area contributed by atoms with Gasteiger partial charge in [0.05, 0.1) is 12.5 Å². The second kappa shape index (κ2) is 5.30. The highest BCUT2D eigenvalue weighted by molar-refractivity contribution is 5.95. The van der Waals surface area contributed by atoms with Crippen molar-refractivity contribution in [3.8, 4) is 0 Å². The molecule has 1 atom stereocenters. The molecule has 1 aromatic rings. The Bertz CT molecular complexity index is 484. The predicted octanol–water partition coefficient (Wildman–Crippen LogP) is 1.96. The monoisotopic (exact) mass is 262 g/mol. The van der Waals surface area contributed by atoms with Crippen LogP contribution in [0.15, 0.2) is 24.3 Å². The molecule has 19 heavy (non-hydrogen) atoms. The van der Waals surface area contributed by atoms with E-state index in [4.69, 9.17) is 5.11 Å². The van der Waals surface area contributed by atoms with Crippen molar-refractivity contribution in [2.75, 3.05) is 18.5 Å². The standard InChI is InChI=1S/C14H18N2O3/c1-3-10-4-6-11(7-5-10)16-12(8-13(17)18)9-15(2)14(16)19/h4-7,12H,3,8-9H2,1-2H3,(H,17,18). The van der Waals surface area contributed by atoms with Gasteiger partial charge >= 0.3 is 12.0 Å². The number of carbonyl (C=O) groups is 2. The van der Waals surface area contributed by atoms with Crippen molar-refractivity contribution in [1.82, 2.24) is 4.90 Å². The fraction of sp³-hybridized carbons (Fsp3) is 0.429. The first-order valence-electron chi connectivity index (χ1n) is 6.38. The van der Waals surface area contributed by atoms with E-state index in [0.29, 0.717) is 6.54 Å². The molecule has 1 aliphatic rings. The smallest absolute Gasteiger partial charge is 0.324 e. The van der Waals surface area contributed by atoms with Crippen molar-refractivity contribution >= 4 is 17.7 Å². The maximum atomic E-state index is 12.1. The maximum absolute atomic E-state index is 12.1. The molecule has 2 amide bonds. The van der Waals surface area contributed by atoms with Crippen molar-refractivity contribution in [2.24, 2.45) is 0 Å². The molecule has 102 valence electrons. The molecule has 1 unspecified atom stereocenters. The van der Waals surface area contributed by atoms with Crippen LogP contribution in [0.1, 0.15) is 18.9 Å². The molecule has 0 bridgehead atoms. The van der Waals surface area contributed by atoms with Gasteiger partial charge in [-0.1, -0.05) is 19.1 Å². The summed E-state index contributed by atoms with van der Waals surface area (Å²) in [5.74, 6) is -0.886. The van der Waals surface area contributed by atoms with E-state index in [0.717, 1.165) is 12.1 Å². The fourth-order valence-electron chi connectivity index (χ4n) is 2.39. The number of amides is 2. The van der Waals surface area contributed by atoms with E-state index in [2.05, 4.69) is 6.92 Å². The van der Waals surface area contributed by atoms with Gasteiger partial charge in [0.25, 0.3) is 0 Å². The number of hydrogen-bond donors (Lipinski definition) is 1. The molecule has 5 heteroatoms. The third-order valence-corrected chi connectivity index (χ3v) is 3.42. The minimum Gasteiger partial charge on any atom is -0.481 e. The molecule has 1 saturated heterocycles. The minimum atomic E-state index is -0.886. The Balaban J connectivity index is 2.27. The summed E-state index contributed by atoms with van der Waals surface area (Å²) in [5, 5.41) is 8.94. The van der Waals surface area contributed by atoms with Crippen molar-refractivity contribution < 1.29 is 14.7 Å². The second-order valence-corrected chi connectivity index (χ2v) is 4.80. The number of aliphatic carboxylic acids is 1. The van der Waals surface area contributed by atoms with Crippen LogP contribution in [-0.4, -0.2) is 41.6 Å². The molecule has 2 rings (SSSR count). The maximum Gasteiger partial charge on any atom is 0.324 e. The molecule has 1 heterocycles. The molecule has 1 aliphatic heterocycles. The number of carboxylic acids is 1. The number of rotatable bonds is 4. The molecule has 1 aromatic carbocycles. The van der Waals surface area contributed by atoms with Gasteiger partial charge in [-0.25, -0.2) is 4.79 Å². The molecule has 1 fully saturated rings. The van der Waals surface area contributed by atoms with Gasteiger partial charge in [-0.3, -0.25) is 9.69 Å². The molecule has 0 radical (unpaired) electrons. The van der Waals surface area contributed by atoms with Gasteiger partial charge in [0.1, 0.15) is 0 Å². The van der Waals surface area contributed by atoms with Gasteiger partial charge in [-0.05, 0) is 24.1 Å². The SMILES string of the molecule is CCc1ccc(N2C(=O)N(C)CC2CC(=O)O)cc1. The highest BCUT2D eigenvalue weighted by atomic mass is 16.4. The minimum absolute atomic E-state index is 0.0361. The number of hydrogen-bond acceptors (Lipinski definition) is 2. The Morgan fingerprint density at radius 1 is 1.37 bits per heavy atom. The van der Waals surface area contributed by atoms with Gasteiger partial charge in [0.2, 0.25) is 0 Å². The zero-order valence-corrected chi connectivity index (χ0v) is 11.2. The summed E-state index contributed by atoms with van der Waals surface area (Å²) < 4.78 is 0. The summed E-state index contributed by atoms with van der Waals surface area (Å²) in [7, 11) is 1.69. The van der Waals surface area contributed by atoms with Gasteiger partial charge < -0.3 is 10.0 Å². The van der Waals surface area contributed by atoms with E-state index in [1.807, 2.05) is 24.3 Å². The molecule has 0 aromatic heterocycles. The number of carbonyl (C=O) groups excluding carboxylic acids is 1. The molecular formula is C14H18N2O3. The third kappa shape index (κ3) is 2.70. The van der Waals surface area contributed by atoms with Crippen LogP contribution in [0.5, 0.6) is 0 Å². The van der Waals surface area contributed by atoms with Crippen LogP contribution in [-0.2, 0) is 11.2 Å². The predicted molar refractivity (Wildman–Crippen MR) is 72.4 cm³/mol. The van der Waals surface area contributed by atoms with Crippen LogP contribution in [0.25, 0.3) is 0 Å². The number of benzene rings is 1. The largest absolute Gasteiger partial charge is 0.481 e. The zero-order chi connectivity index (χ0) is 14.0. The van der Waals surface area contributed by atoms with E-state index in [1.165, 1.54) is 5.56 Å². The summed E-state index contributed by atoms with van der Waals surface area (Å²) in [4.78, 5) is 26.1. The second-order valence-electron chi connectivity index (χ2n) is 4.80. The third-order valence-electron chi connectivity index (χ3n) is 3.42. The average Bonchev–Trinajstić information content (AvgIpc) is 2.64. The van der Waals surface area contributed by atoms with Crippen LogP contribution in [0.3, 0.4) is 0 Å². The molecule has 0 aliphatic carbocycles. The van der Waals surface area contributed by atoms with Crippen LogP contribution in [0, 0.1) is 0 Å². The molecule has 5 nitrogen and oxygen atoms in total. The summed E-state index contributed by atoms with van der Waals surface area (Å²) in [6.45, 7) is 2.51. The van der Waals surface area contributed by atoms with Crippen molar-refractivity contribution in [2.45, 2.75) is 25.8 Å². The average molecular weight is 262 g/mol. The first-order chi connectivity index (χ1) is 9.02. The van der Waals surface area contributed by atoms with Gasteiger partial charge in [-0.15, -0.1) is 0 Å². The number of urea groups is 1. The summed E-state index contributed by atoms with van der Waals surface area (Å²) in [6.07, 6.45) is 0.901. The summed E-state index contributed by atoms with van der Waals surface area (Å²) in [6, 6.07) is 7.26. The van der Waals surface area contributed by atoms with Crippen molar-refractivity contribution in [3.63, 3.8) is 0 Å². The number of nitrogens with zero attached hydrogens (tertiary/aromatic N) is 2.